The number of nitrogens with zero attached hydrogens (tertiary/aromatic N) is 1. The van der Waals surface area contributed by atoms with Crippen LogP contribution < -0.4 is 0 Å². The van der Waals surface area contributed by atoms with Crippen LogP contribution in [0.2, 0.25) is 0 Å². The first-order valence-corrected chi connectivity index (χ1v) is 5.52. The maximum atomic E-state index is 11.9. The van der Waals surface area contributed by atoms with Crippen LogP contribution in [-0.2, 0) is 10.2 Å². The number of benzene rings is 1. The molecule has 1 heterocycles. The molecule has 0 saturated heterocycles. The Bertz CT molecular complexity index is 479. The van der Waals surface area contributed by atoms with Gasteiger partial charge in [-0.3, -0.25) is 9.59 Å². The van der Waals surface area contributed by atoms with Gasteiger partial charge in [0.2, 0.25) is 5.91 Å². The Hall–Kier alpha value is -1.16. The van der Waals surface area contributed by atoms with Gasteiger partial charge in [0.15, 0.2) is 0 Å². The van der Waals surface area contributed by atoms with Gasteiger partial charge in [0.1, 0.15) is 0 Å². The maximum absolute atomic E-state index is 11.9. The molecule has 1 aliphatic carbocycles. The van der Waals surface area contributed by atoms with Gasteiger partial charge in [-0.25, -0.2) is 3.93 Å². The van der Waals surface area contributed by atoms with E-state index in [-0.39, 0.29) is 11.8 Å². The van der Waals surface area contributed by atoms with E-state index < -0.39 is 5.41 Å². The van der Waals surface area contributed by atoms with Crippen LogP contribution in [0.1, 0.15) is 28.8 Å². The number of carbonyl (C=O) groups is 2. The number of amides is 2. The molecule has 0 aromatic heterocycles. The van der Waals surface area contributed by atoms with Gasteiger partial charge < -0.3 is 0 Å². The van der Waals surface area contributed by atoms with Crippen molar-refractivity contribution in [2.24, 2.45) is 0 Å². The summed E-state index contributed by atoms with van der Waals surface area (Å²) < 4.78 is 1.07. The molecule has 1 fully saturated rings. The molecule has 4 heteroatoms. The molecule has 15 heavy (non-hydrogen) atoms. The number of fused-ring (bicyclic) bond motifs is 2. The first-order valence-electron chi connectivity index (χ1n) is 4.81. The second-order valence-corrected chi connectivity index (χ2v) is 4.73. The fraction of sp³-hybridized carbons (Fsp3) is 0.273. The van der Waals surface area contributed by atoms with Gasteiger partial charge in [-0.15, -0.1) is 0 Å². The molecule has 1 aromatic rings. The van der Waals surface area contributed by atoms with Crippen molar-refractivity contribution in [1.29, 1.82) is 0 Å². The molecular weight excluding hydrogens is 258 g/mol. The first kappa shape index (κ1) is 9.09. The second-order valence-electron chi connectivity index (χ2n) is 4.02. The van der Waals surface area contributed by atoms with E-state index in [2.05, 4.69) is 16.1 Å². The third-order valence-corrected chi connectivity index (χ3v) is 3.83. The maximum Gasteiger partial charge on any atom is 0.271 e. The molecule has 2 amide bonds. The monoisotopic (exact) mass is 265 g/mol. The summed E-state index contributed by atoms with van der Waals surface area (Å²) in [4.78, 5) is 23.7. The molecule has 1 saturated carbocycles. The number of hydrogen-bond acceptors (Lipinski definition) is 2. The molecule has 0 atom stereocenters. The highest BCUT2D eigenvalue weighted by molar-refractivity contribution is 9.08. The van der Waals surface area contributed by atoms with E-state index in [9.17, 15) is 9.59 Å². The van der Waals surface area contributed by atoms with Gasteiger partial charge in [0.25, 0.3) is 5.91 Å². The lowest BCUT2D eigenvalue weighted by Crippen LogP contribution is -2.42. The van der Waals surface area contributed by atoms with Crippen molar-refractivity contribution in [3.63, 3.8) is 0 Å². The normalized spacial score (nSPS) is 21.8. The summed E-state index contributed by atoms with van der Waals surface area (Å²) in [5, 5.41) is 0. The fourth-order valence-corrected chi connectivity index (χ4v) is 2.73. The summed E-state index contributed by atoms with van der Waals surface area (Å²) in [5.41, 5.74) is 1.13. The average molecular weight is 266 g/mol. The third kappa shape index (κ3) is 1.00. The fourth-order valence-electron chi connectivity index (χ4n) is 2.20. The van der Waals surface area contributed by atoms with Crippen molar-refractivity contribution in [2.45, 2.75) is 18.3 Å². The van der Waals surface area contributed by atoms with Crippen LogP contribution in [0.4, 0.5) is 0 Å². The zero-order chi connectivity index (χ0) is 10.6. The highest BCUT2D eigenvalue weighted by Crippen LogP contribution is 2.53. The summed E-state index contributed by atoms with van der Waals surface area (Å²) >= 11 is 3.04. The number of hydrogen-bond donors (Lipinski definition) is 0. The molecule has 1 spiro atoms. The minimum absolute atomic E-state index is 0.119. The summed E-state index contributed by atoms with van der Waals surface area (Å²) in [6, 6.07) is 7.36. The van der Waals surface area contributed by atoms with Gasteiger partial charge in [-0.1, -0.05) is 18.2 Å². The standard InChI is InChI=1S/C11H8BrNO2/c12-13-9(14)7-3-1-2-4-8(7)11(5-6-11)10(13)15/h1-4H,5-6H2. The lowest BCUT2D eigenvalue weighted by Gasteiger charge is -2.28. The van der Waals surface area contributed by atoms with Gasteiger partial charge in [0.05, 0.1) is 21.6 Å². The largest absolute Gasteiger partial charge is 0.272 e. The molecule has 0 radical (unpaired) electrons. The van der Waals surface area contributed by atoms with Crippen LogP contribution in [-0.4, -0.2) is 15.7 Å². The van der Waals surface area contributed by atoms with Crippen LogP contribution in [0.3, 0.4) is 0 Å². The highest BCUT2D eigenvalue weighted by Gasteiger charge is 2.58. The summed E-state index contributed by atoms with van der Waals surface area (Å²) in [5.74, 6) is -0.376. The number of imide groups is 1. The zero-order valence-corrected chi connectivity index (χ0v) is 9.45. The van der Waals surface area contributed by atoms with Crippen LogP contribution in [0.15, 0.2) is 24.3 Å². The Labute approximate surface area is 95.4 Å². The van der Waals surface area contributed by atoms with Crippen molar-refractivity contribution < 1.29 is 9.59 Å². The zero-order valence-electron chi connectivity index (χ0n) is 7.87. The van der Waals surface area contributed by atoms with E-state index in [0.717, 1.165) is 22.3 Å². The first-order chi connectivity index (χ1) is 7.17. The third-order valence-electron chi connectivity index (χ3n) is 3.19. The van der Waals surface area contributed by atoms with E-state index in [1.807, 2.05) is 18.2 Å². The predicted molar refractivity (Wildman–Crippen MR) is 57.5 cm³/mol. The average Bonchev–Trinajstić information content (AvgIpc) is 3.06. The molecule has 76 valence electrons. The van der Waals surface area contributed by atoms with Gasteiger partial charge in [-0.05, 0) is 24.5 Å². The molecule has 1 aromatic carbocycles. The number of rotatable bonds is 0. The minimum atomic E-state index is -0.409. The van der Waals surface area contributed by atoms with Crippen LogP contribution >= 0.6 is 16.1 Å². The van der Waals surface area contributed by atoms with Crippen LogP contribution in [0, 0.1) is 0 Å². The summed E-state index contributed by atoms with van der Waals surface area (Å²) in [6.45, 7) is 0. The Kier molecular flexibility index (Phi) is 1.63. The lowest BCUT2D eigenvalue weighted by atomic mass is 9.87. The van der Waals surface area contributed by atoms with Crippen molar-refractivity contribution in [3.8, 4) is 0 Å². The quantitative estimate of drug-likeness (QED) is 0.532. The molecular formula is C11H8BrNO2. The smallest absolute Gasteiger partial charge is 0.271 e. The Morgan fingerprint density at radius 1 is 1.20 bits per heavy atom. The molecule has 1 aliphatic heterocycles. The molecule has 3 rings (SSSR count). The molecule has 3 nitrogen and oxygen atoms in total. The molecule has 0 N–H and O–H groups in total. The van der Waals surface area contributed by atoms with Crippen molar-refractivity contribution in [1.82, 2.24) is 3.93 Å². The van der Waals surface area contributed by atoms with E-state index in [0.29, 0.717) is 5.56 Å². The number of halogens is 1. The lowest BCUT2D eigenvalue weighted by molar-refractivity contribution is -0.127. The Morgan fingerprint density at radius 2 is 1.87 bits per heavy atom. The molecule has 0 unspecified atom stereocenters. The van der Waals surface area contributed by atoms with Gasteiger partial charge in [-0.2, -0.15) is 0 Å². The second kappa shape index (κ2) is 2.70. The summed E-state index contributed by atoms with van der Waals surface area (Å²) in [7, 11) is 0. The summed E-state index contributed by atoms with van der Waals surface area (Å²) in [6.07, 6.45) is 1.69. The highest BCUT2D eigenvalue weighted by atomic mass is 79.9. The SMILES string of the molecule is O=C1c2ccccc2C2(CC2)C(=O)N1Br. The van der Waals surface area contributed by atoms with Crippen molar-refractivity contribution >= 4 is 28.0 Å². The van der Waals surface area contributed by atoms with Crippen molar-refractivity contribution in [2.75, 3.05) is 0 Å². The van der Waals surface area contributed by atoms with Gasteiger partial charge >= 0.3 is 0 Å². The predicted octanol–water partition coefficient (Wildman–Crippen LogP) is 2.01. The van der Waals surface area contributed by atoms with Gasteiger partial charge in [0, 0.05) is 5.56 Å². The van der Waals surface area contributed by atoms with Crippen LogP contribution in [0.5, 0.6) is 0 Å². The van der Waals surface area contributed by atoms with E-state index >= 15 is 0 Å². The Balaban J connectivity index is 2.28. The van der Waals surface area contributed by atoms with E-state index in [4.69, 9.17) is 0 Å². The minimum Gasteiger partial charge on any atom is -0.272 e. The molecule has 2 aliphatic rings. The number of carbonyl (C=O) groups excluding carboxylic acids is 2. The van der Waals surface area contributed by atoms with Crippen molar-refractivity contribution in [3.05, 3.63) is 35.4 Å². The Morgan fingerprint density at radius 3 is 2.53 bits per heavy atom. The van der Waals surface area contributed by atoms with E-state index in [1.54, 1.807) is 6.07 Å². The topological polar surface area (TPSA) is 37.4 Å². The van der Waals surface area contributed by atoms with E-state index in [1.165, 1.54) is 0 Å². The molecule has 0 bridgehead atoms. The van der Waals surface area contributed by atoms with Crippen LogP contribution in [0.25, 0.3) is 0 Å².